The van der Waals surface area contributed by atoms with Crippen molar-refractivity contribution in [1.82, 2.24) is 0 Å². The molecule has 8 fully saturated rings. The number of carboxylic acids is 2. The Bertz CT molecular complexity index is 1480. The van der Waals surface area contributed by atoms with Crippen LogP contribution in [0.15, 0.2) is 30.3 Å². The Hall–Kier alpha value is -2.36. The predicted octanol–water partition coefficient (Wildman–Crippen LogP) is 8.85. The second-order valence-corrected chi connectivity index (χ2v) is 17.7. The molecule has 4 heteroatoms. The maximum atomic E-state index is 12.4. The highest BCUT2D eigenvalue weighted by Crippen LogP contribution is 2.83. The van der Waals surface area contributed by atoms with Gasteiger partial charge in [0.1, 0.15) is 0 Å². The van der Waals surface area contributed by atoms with Crippen molar-refractivity contribution >= 4 is 22.7 Å². The summed E-state index contributed by atoms with van der Waals surface area (Å²) in [7, 11) is 0. The van der Waals surface area contributed by atoms with Gasteiger partial charge in [-0.25, -0.2) is 9.59 Å². The Kier molecular flexibility index (Phi) is 4.54. The number of benzene rings is 2. The maximum absolute atomic E-state index is 12.4. The summed E-state index contributed by atoms with van der Waals surface area (Å²) in [5.74, 6) is -1.46. The second-order valence-electron chi connectivity index (χ2n) is 17.7. The lowest BCUT2D eigenvalue weighted by Gasteiger charge is -2.78. The topological polar surface area (TPSA) is 74.6 Å². The zero-order valence-electron chi connectivity index (χ0n) is 24.7. The van der Waals surface area contributed by atoms with E-state index in [1.165, 1.54) is 75.8 Å². The maximum Gasteiger partial charge on any atom is 0.337 e. The molecule has 8 aliphatic carbocycles. The Labute approximate surface area is 237 Å². The van der Waals surface area contributed by atoms with Crippen LogP contribution in [0.5, 0.6) is 0 Å². The number of carboxylic acid groups (broad SMARTS) is 2. The lowest BCUT2D eigenvalue weighted by atomic mass is 9.26. The monoisotopic (exact) mass is 540 g/mol. The van der Waals surface area contributed by atoms with Crippen LogP contribution in [-0.2, 0) is 5.41 Å². The minimum atomic E-state index is -1.18. The van der Waals surface area contributed by atoms with Gasteiger partial charge in [-0.05, 0) is 143 Å². The molecule has 4 nitrogen and oxygen atoms in total. The molecule has 212 valence electrons. The van der Waals surface area contributed by atoms with Gasteiger partial charge in [0, 0.05) is 0 Å². The van der Waals surface area contributed by atoms with E-state index in [1.54, 1.807) is 0 Å². The second kappa shape index (κ2) is 7.16. The molecular weight excluding hydrogens is 496 g/mol. The van der Waals surface area contributed by atoms with E-state index < -0.39 is 11.9 Å². The lowest BCUT2D eigenvalue weighted by Crippen LogP contribution is -2.69. The molecule has 2 N–H and O–H groups in total. The van der Waals surface area contributed by atoms with E-state index in [0.717, 1.165) is 24.1 Å². The molecule has 0 aliphatic heterocycles. The fourth-order valence-electron chi connectivity index (χ4n) is 14.8. The van der Waals surface area contributed by atoms with E-state index in [2.05, 4.69) is 33.8 Å². The van der Waals surface area contributed by atoms with Gasteiger partial charge < -0.3 is 10.2 Å². The lowest BCUT2D eigenvalue weighted by molar-refractivity contribution is -0.270. The molecule has 40 heavy (non-hydrogen) atoms. The number of aromatic carboxylic acids is 2. The fraction of sp³-hybridized carbons (Fsp3) is 0.667. The van der Waals surface area contributed by atoms with Crippen molar-refractivity contribution in [3.8, 4) is 0 Å². The average Bonchev–Trinajstić information content (AvgIpc) is 2.78. The number of fused-ring (bicyclic) bond motifs is 1. The van der Waals surface area contributed by atoms with Crippen molar-refractivity contribution in [3.05, 3.63) is 47.0 Å². The van der Waals surface area contributed by atoms with E-state index in [1.807, 2.05) is 18.2 Å². The van der Waals surface area contributed by atoms with Gasteiger partial charge in [0.25, 0.3) is 0 Å². The summed E-state index contributed by atoms with van der Waals surface area (Å²) in [5, 5.41) is 21.5. The van der Waals surface area contributed by atoms with E-state index >= 15 is 0 Å². The third-order valence-electron chi connectivity index (χ3n) is 13.4. The van der Waals surface area contributed by atoms with Crippen LogP contribution in [0.4, 0.5) is 0 Å². The molecule has 2 aromatic rings. The zero-order chi connectivity index (χ0) is 28.1. The molecule has 8 bridgehead atoms. The van der Waals surface area contributed by atoms with Crippen molar-refractivity contribution < 1.29 is 19.8 Å². The number of rotatable bonds is 4. The summed E-state index contributed by atoms with van der Waals surface area (Å²) in [4.78, 5) is 24.4. The normalized spacial score (nSPS) is 48.1. The Balaban J connectivity index is 1.34. The summed E-state index contributed by atoms with van der Waals surface area (Å²) in [5.41, 5.74) is 3.38. The van der Waals surface area contributed by atoms with Crippen LogP contribution in [0.2, 0.25) is 0 Å². The Morgan fingerprint density at radius 2 is 1.23 bits per heavy atom. The van der Waals surface area contributed by atoms with Crippen LogP contribution in [0.1, 0.15) is 131 Å². The molecule has 0 radical (unpaired) electrons. The molecule has 2 aromatic carbocycles. The first kappa shape index (κ1) is 25.4. The predicted molar refractivity (Wildman–Crippen MR) is 156 cm³/mol. The third kappa shape index (κ3) is 3.14. The first-order chi connectivity index (χ1) is 18.6. The Morgan fingerprint density at radius 3 is 1.80 bits per heavy atom. The molecule has 0 heterocycles. The van der Waals surface area contributed by atoms with Gasteiger partial charge in [0.2, 0.25) is 0 Å². The minimum Gasteiger partial charge on any atom is -0.478 e. The van der Waals surface area contributed by atoms with Gasteiger partial charge in [-0.15, -0.1) is 0 Å². The minimum absolute atomic E-state index is 0.00339. The molecule has 0 saturated heterocycles. The molecular formula is C36H44O4. The highest BCUT2D eigenvalue weighted by molar-refractivity contribution is 6.12. The van der Waals surface area contributed by atoms with Crippen LogP contribution >= 0.6 is 0 Å². The molecule has 8 saturated carbocycles. The van der Waals surface area contributed by atoms with E-state index in [0.29, 0.717) is 27.0 Å². The van der Waals surface area contributed by atoms with Gasteiger partial charge in [-0.1, -0.05) is 52.0 Å². The SMILES string of the molecule is CC12CC3CC(C)(C1)CC(C14CC5(C)CC(C)(CC(c6cccc7c(C(=O)O)c(C(=O)O)ccc67)(C5)C1)C4)(C3)C2. The van der Waals surface area contributed by atoms with Gasteiger partial charge >= 0.3 is 11.9 Å². The average molecular weight is 541 g/mol. The summed E-state index contributed by atoms with van der Waals surface area (Å²) < 4.78 is 0. The van der Waals surface area contributed by atoms with Gasteiger partial charge in [-0.2, -0.15) is 0 Å². The van der Waals surface area contributed by atoms with Crippen LogP contribution in [0.3, 0.4) is 0 Å². The molecule has 0 spiro atoms. The molecule has 4 atom stereocenters. The standard InChI is InChI=1S/C36H44O4/c1-30-10-22-11-31(2,13-30)18-35(12-22,17-30)36-19-32(3)14-33(4,20-36)16-34(15-32,21-36)26-7-5-6-24-23(26)8-9-25(28(37)38)27(24)29(39)40/h5-9,22H,10-21H2,1-4H3,(H,37,38)(H,39,40). The molecule has 10 rings (SSSR count). The Morgan fingerprint density at radius 1 is 0.625 bits per heavy atom. The highest BCUT2D eigenvalue weighted by atomic mass is 16.4. The fourth-order valence-corrected chi connectivity index (χ4v) is 14.8. The van der Waals surface area contributed by atoms with Crippen molar-refractivity contribution in [2.75, 3.05) is 0 Å². The number of hydrogen-bond donors (Lipinski definition) is 2. The highest BCUT2D eigenvalue weighted by Gasteiger charge is 2.74. The van der Waals surface area contributed by atoms with Crippen LogP contribution in [0.25, 0.3) is 10.8 Å². The summed E-state index contributed by atoms with van der Waals surface area (Å²) in [6.45, 7) is 10.4. The van der Waals surface area contributed by atoms with Gasteiger partial charge in [0.15, 0.2) is 0 Å². The number of hydrogen-bond acceptors (Lipinski definition) is 2. The largest absolute Gasteiger partial charge is 0.478 e. The van der Waals surface area contributed by atoms with Crippen molar-refractivity contribution in [3.63, 3.8) is 0 Å². The first-order valence-corrected chi connectivity index (χ1v) is 15.7. The van der Waals surface area contributed by atoms with E-state index in [4.69, 9.17) is 0 Å². The molecule has 8 aliphatic rings. The van der Waals surface area contributed by atoms with Gasteiger partial charge in [-0.3, -0.25) is 0 Å². The van der Waals surface area contributed by atoms with Crippen LogP contribution < -0.4 is 0 Å². The summed E-state index contributed by atoms with van der Waals surface area (Å²) in [6, 6.07) is 9.55. The summed E-state index contributed by atoms with van der Waals surface area (Å²) >= 11 is 0. The molecule has 0 amide bonds. The molecule has 0 aromatic heterocycles. The van der Waals surface area contributed by atoms with E-state index in [9.17, 15) is 19.8 Å². The number of carbonyl (C=O) groups is 2. The quantitative estimate of drug-likeness (QED) is 0.406. The molecule has 4 unspecified atom stereocenters. The van der Waals surface area contributed by atoms with E-state index in [-0.39, 0.29) is 27.4 Å². The smallest absolute Gasteiger partial charge is 0.337 e. The van der Waals surface area contributed by atoms with Crippen LogP contribution in [0, 0.1) is 38.4 Å². The van der Waals surface area contributed by atoms with Crippen molar-refractivity contribution in [2.24, 2.45) is 38.4 Å². The zero-order valence-corrected chi connectivity index (χ0v) is 24.7. The third-order valence-corrected chi connectivity index (χ3v) is 13.4. The van der Waals surface area contributed by atoms with Gasteiger partial charge in [0.05, 0.1) is 11.1 Å². The summed E-state index contributed by atoms with van der Waals surface area (Å²) in [6.07, 6.45) is 16.0. The first-order valence-electron chi connectivity index (χ1n) is 15.7. The van der Waals surface area contributed by atoms with Crippen molar-refractivity contribution in [2.45, 2.75) is 110 Å². The van der Waals surface area contributed by atoms with Crippen LogP contribution in [-0.4, -0.2) is 22.2 Å². The van der Waals surface area contributed by atoms with Crippen molar-refractivity contribution in [1.29, 1.82) is 0 Å².